The van der Waals surface area contributed by atoms with Gasteiger partial charge in [0.1, 0.15) is 12.4 Å². The summed E-state index contributed by atoms with van der Waals surface area (Å²) < 4.78 is 0. The topological polar surface area (TPSA) is 85.3 Å². The Bertz CT molecular complexity index is 478. The van der Waals surface area contributed by atoms with Crippen molar-refractivity contribution in [2.45, 2.75) is 6.92 Å². The van der Waals surface area contributed by atoms with Crippen LogP contribution in [0.15, 0.2) is 22.9 Å². The minimum absolute atomic E-state index is 0.171. The Labute approximate surface area is 97.5 Å². The molecule has 2 aliphatic heterocycles. The van der Waals surface area contributed by atoms with Crippen molar-refractivity contribution in [3.63, 3.8) is 0 Å². The summed E-state index contributed by atoms with van der Waals surface area (Å²) in [5.41, 5.74) is 3.84. The number of aliphatic hydroxyl groups is 1. The number of ketones is 2. The van der Waals surface area contributed by atoms with Gasteiger partial charge in [0.05, 0.1) is 18.8 Å². The fourth-order valence-electron chi connectivity index (χ4n) is 1.89. The zero-order chi connectivity index (χ0) is 12.2. The molecule has 0 aromatic carbocycles. The van der Waals surface area contributed by atoms with E-state index in [0.717, 1.165) is 6.67 Å². The molecule has 0 saturated carbocycles. The van der Waals surface area contributed by atoms with Gasteiger partial charge in [-0.05, 0) is 13.0 Å². The molecule has 2 unspecified atom stereocenters. The van der Waals surface area contributed by atoms with E-state index in [4.69, 9.17) is 0 Å². The van der Waals surface area contributed by atoms with Gasteiger partial charge in [-0.1, -0.05) is 0 Å². The van der Waals surface area contributed by atoms with Crippen LogP contribution >= 0.6 is 0 Å². The molecule has 7 heteroatoms. The van der Waals surface area contributed by atoms with Crippen LogP contribution in [0.5, 0.6) is 0 Å². The molecule has 1 aliphatic carbocycles. The predicted octanol–water partition coefficient (Wildman–Crippen LogP) is -1.49. The summed E-state index contributed by atoms with van der Waals surface area (Å²) in [5.74, 6) is -0.483. The third-order valence-corrected chi connectivity index (χ3v) is 2.95. The molecule has 2 N–H and O–H groups in total. The van der Waals surface area contributed by atoms with E-state index < -0.39 is 6.61 Å². The van der Waals surface area contributed by atoms with E-state index in [1.54, 1.807) is 17.1 Å². The van der Waals surface area contributed by atoms with Gasteiger partial charge < -0.3 is 5.11 Å². The van der Waals surface area contributed by atoms with Crippen LogP contribution in [-0.2, 0) is 9.59 Å². The molecule has 2 saturated heterocycles. The van der Waals surface area contributed by atoms with Gasteiger partial charge in [-0.3, -0.25) is 14.6 Å². The van der Waals surface area contributed by atoms with E-state index >= 15 is 0 Å². The van der Waals surface area contributed by atoms with Crippen molar-refractivity contribution in [3.8, 4) is 0 Å². The summed E-state index contributed by atoms with van der Waals surface area (Å²) in [6.07, 6.45) is 1.28. The highest BCUT2D eigenvalue weighted by Gasteiger charge is 2.47. The SMILES string of the molecule is CC1=CC(=O)C(CO)=C(N2CN2N2CN2)C1=O. The zero-order valence-electron chi connectivity index (χ0n) is 9.30. The number of nitrogens with zero attached hydrogens (tertiary/aromatic N) is 3. The van der Waals surface area contributed by atoms with Crippen molar-refractivity contribution in [2.75, 3.05) is 19.9 Å². The van der Waals surface area contributed by atoms with Gasteiger partial charge >= 0.3 is 0 Å². The third kappa shape index (κ3) is 1.60. The van der Waals surface area contributed by atoms with E-state index in [2.05, 4.69) is 5.43 Å². The van der Waals surface area contributed by atoms with Gasteiger partial charge in [-0.15, -0.1) is 10.2 Å². The first-order valence-electron chi connectivity index (χ1n) is 5.30. The second-order valence-electron chi connectivity index (χ2n) is 4.14. The summed E-state index contributed by atoms with van der Waals surface area (Å²) in [4.78, 5) is 23.7. The van der Waals surface area contributed by atoms with E-state index in [1.807, 2.05) is 5.12 Å². The normalized spacial score (nSPS) is 31.9. The molecule has 7 nitrogen and oxygen atoms in total. The maximum atomic E-state index is 12.0. The molecule has 17 heavy (non-hydrogen) atoms. The minimum atomic E-state index is -0.415. The summed E-state index contributed by atoms with van der Waals surface area (Å²) in [7, 11) is 0. The van der Waals surface area contributed by atoms with E-state index in [1.165, 1.54) is 6.08 Å². The Hall–Kier alpha value is -1.54. The van der Waals surface area contributed by atoms with Crippen molar-refractivity contribution in [3.05, 3.63) is 22.9 Å². The summed E-state index contributed by atoms with van der Waals surface area (Å²) in [5, 5.41) is 14.5. The van der Waals surface area contributed by atoms with Crippen molar-refractivity contribution in [2.24, 2.45) is 0 Å². The maximum absolute atomic E-state index is 12.0. The van der Waals surface area contributed by atoms with Gasteiger partial charge in [-0.2, -0.15) is 0 Å². The van der Waals surface area contributed by atoms with Crippen LogP contribution < -0.4 is 5.43 Å². The number of rotatable bonds is 3. The standard InChI is InChI=1S/C10H12N4O3/c1-6-2-8(16)7(3-15)9(10(6)17)12-5-14(12)13-4-11-13/h2,11,15H,3-5H2,1H3. The number of allylic oxidation sites excluding steroid dienone is 2. The largest absolute Gasteiger partial charge is 0.391 e. The lowest BCUT2D eigenvalue weighted by molar-refractivity contribution is -0.117. The molecule has 2 heterocycles. The van der Waals surface area contributed by atoms with Crippen LogP contribution in [-0.4, -0.2) is 51.9 Å². The maximum Gasteiger partial charge on any atom is 0.206 e. The first-order valence-corrected chi connectivity index (χ1v) is 5.30. The van der Waals surface area contributed by atoms with Gasteiger partial charge in [-0.25, -0.2) is 5.43 Å². The number of hydrogen-bond acceptors (Lipinski definition) is 7. The van der Waals surface area contributed by atoms with Crippen LogP contribution in [0.1, 0.15) is 6.92 Å². The van der Waals surface area contributed by atoms with E-state index in [9.17, 15) is 14.7 Å². The lowest BCUT2D eigenvalue weighted by Gasteiger charge is -2.17. The van der Waals surface area contributed by atoms with Crippen LogP contribution in [0.2, 0.25) is 0 Å². The molecule has 0 radical (unpaired) electrons. The highest BCUT2D eigenvalue weighted by Crippen LogP contribution is 2.32. The Kier molecular flexibility index (Phi) is 2.17. The molecular formula is C10H12N4O3. The third-order valence-electron chi connectivity index (χ3n) is 2.95. The highest BCUT2D eigenvalue weighted by atomic mass is 16.3. The van der Waals surface area contributed by atoms with Crippen LogP contribution in [0.25, 0.3) is 0 Å². The van der Waals surface area contributed by atoms with Crippen molar-refractivity contribution in [1.82, 2.24) is 20.7 Å². The number of hydrogen-bond donors (Lipinski definition) is 2. The zero-order valence-corrected chi connectivity index (χ0v) is 9.30. The summed E-state index contributed by atoms with van der Waals surface area (Å²) in [6.45, 7) is 2.48. The van der Waals surface area contributed by atoms with Gasteiger partial charge in [0, 0.05) is 5.57 Å². The molecule has 2 fully saturated rings. The highest BCUT2D eigenvalue weighted by molar-refractivity contribution is 6.22. The van der Waals surface area contributed by atoms with Crippen molar-refractivity contribution >= 4 is 11.6 Å². The predicted molar refractivity (Wildman–Crippen MR) is 56.3 cm³/mol. The molecule has 3 rings (SSSR count). The van der Waals surface area contributed by atoms with Crippen LogP contribution in [0.4, 0.5) is 0 Å². The Balaban J connectivity index is 1.93. The molecule has 3 aliphatic rings. The summed E-state index contributed by atoms with van der Waals surface area (Å²) in [6, 6.07) is 0. The molecule has 0 bridgehead atoms. The molecule has 0 aromatic heterocycles. The van der Waals surface area contributed by atoms with Crippen LogP contribution in [0.3, 0.4) is 0 Å². The van der Waals surface area contributed by atoms with E-state index in [-0.39, 0.29) is 17.1 Å². The number of aliphatic hydroxyl groups excluding tert-OH is 1. The monoisotopic (exact) mass is 236 g/mol. The lowest BCUT2D eigenvalue weighted by Crippen LogP contribution is -2.27. The van der Waals surface area contributed by atoms with E-state index in [0.29, 0.717) is 17.9 Å². The molecule has 0 aromatic rings. The van der Waals surface area contributed by atoms with Crippen molar-refractivity contribution in [1.29, 1.82) is 0 Å². The molecule has 2 atom stereocenters. The average molecular weight is 236 g/mol. The minimum Gasteiger partial charge on any atom is -0.391 e. The second kappa shape index (κ2) is 3.47. The second-order valence-corrected chi connectivity index (χ2v) is 4.14. The molecule has 0 amide bonds. The van der Waals surface area contributed by atoms with Gasteiger partial charge in [0.25, 0.3) is 0 Å². The fraction of sp³-hybridized carbons (Fsp3) is 0.400. The van der Waals surface area contributed by atoms with Crippen molar-refractivity contribution < 1.29 is 14.7 Å². The Morgan fingerprint density at radius 1 is 1.47 bits per heavy atom. The number of hydrazine groups is 3. The fourth-order valence-corrected chi connectivity index (χ4v) is 1.89. The first-order chi connectivity index (χ1) is 8.13. The Morgan fingerprint density at radius 2 is 2.18 bits per heavy atom. The lowest BCUT2D eigenvalue weighted by atomic mass is 9.95. The molecule has 90 valence electrons. The number of Topliss-reactive ketones (excluding diaryl/α,β-unsaturated/α-hetero) is 1. The molecule has 0 spiro atoms. The summed E-state index contributed by atoms with van der Waals surface area (Å²) >= 11 is 0. The number of carbonyl (C=O) groups excluding carboxylic acids is 2. The van der Waals surface area contributed by atoms with Gasteiger partial charge in [0.2, 0.25) is 5.78 Å². The first kappa shape index (κ1) is 10.6. The number of carbonyl (C=O) groups is 2. The van der Waals surface area contributed by atoms with Crippen LogP contribution in [0, 0.1) is 0 Å². The van der Waals surface area contributed by atoms with Gasteiger partial charge in [0.15, 0.2) is 5.78 Å². The smallest absolute Gasteiger partial charge is 0.206 e. The average Bonchev–Trinajstić information content (AvgIpc) is 3.14. The quantitative estimate of drug-likeness (QED) is 0.456. The molecular weight excluding hydrogens is 224 g/mol. The Morgan fingerprint density at radius 3 is 2.76 bits per heavy atom. The number of nitrogens with one attached hydrogen (secondary N) is 1.